The minimum Gasteiger partial charge on any atom is -0.481 e. The summed E-state index contributed by atoms with van der Waals surface area (Å²) in [6.45, 7) is 3.75. The molecule has 4 N–H and O–H groups in total. The highest BCUT2D eigenvalue weighted by Crippen LogP contribution is 2.17. The minimum absolute atomic E-state index is 0.160. The van der Waals surface area contributed by atoms with E-state index < -0.39 is 23.9 Å². The van der Waals surface area contributed by atoms with Crippen molar-refractivity contribution in [2.24, 2.45) is 5.73 Å². The quantitative estimate of drug-likeness (QED) is 0.748. The van der Waals surface area contributed by atoms with Gasteiger partial charge in [-0.3, -0.25) is 10.1 Å². The van der Waals surface area contributed by atoms with Crippen molar-refractivity contribution in [3.63, 3.8) is 0 Å². The van der Waals surface area contributed by atoms with E-state index in [9.17, 15) is 14.0 Å². The van der Waals surface area contributed by atoms with Crippen molar-refractivity contribution in [2.45, 2.75) is 26.5 Å². The number of rotatable bonds is 5. The Morgan fingerprint density at radius 1 is 1.40 bits per heavy atom. The molecule has 1 unspecified atom stereocenters. The van der Waals surface area contributed by atoms with Crippen molar-refractivity contribution in [2.75, 3.05) is 6.54 Å². The van der Waals surface area contributed by atoms with E-state index in [1.807, 2.05) is 0 Å². The van der Waals surface area contributed by atoms with E-state index in [-0.39, 0.29) is 12.3 Å². The number of ether oxygens (including phenoxy) is 1. The van der Waals surface area contributed by atoms with Gasteiger partial charge in [-0.05, 0) is 31.5 Å². The predicted molar refractivity (Wildman–Crippen MR) is 71.6 cm³/mol. The van der Waals surface area contributed by atoms with Crippen molar-refractivity contribution in [1.29, 1.82) is 0 Å². The first-order valence-electron chi connectivity index (χ1n) is 6.21. The molecule has 3 amide bonds. The first-order chi connectivity index (χ1) is 9.46. The van der Waals surface area contributed by atoms with Gasteiger partial charge in [0.1, 0.15) is 11.6 Å². The van der Waals surface area contributed by atoms with E-state index in [1.54, 1.807) is 13.0 Å². The number of nitrogens with one attached hydrogen (secondary N) is 2. The van der Waals surface area contributed by atoms with Crippen molar-refractivity contribution in [1.82, 2.24) is 10.6 Å². The molecular formula is C13H18FN3O3. The maximum absolute atomic E-state index is 13.3. The molecule has 110 valence electrons. The molecule has 6 nitrogen and oxygen atoms in total. The highest BCUT2D eigenvalue weighted by Gasteiger charge is 2.17. The van der Waals surface area contributed by atoms with Gasteiger partial charge in [-0.15, -0.1) is 0 Å². The molecule has 0 radical (unpaired) electrons. The molecule has 0 aliphatic rings. The normalized spacial score (nSPS) is 11.6. The van der Waals surface area contributed by atoms with Gasteiger partial charge in [0, 0.05) is 19.2 Å². The third-order valence-corrected chi connectivity index (χ3v) is 2.42. The predicted octanol–water partition coefficient (Wildman–Crippen LogP) is 0.897. The average molecular weight is 283 g/mol. The summed E-state index contributed by atoms with van der Waals surface area (Å²) in [5.74, 6) is -0.933. The van der Waals surface area contributed by atoms with E-state index in [0.29, 0.717) is 12.1 Å². The van der Waals surface area contributed by atoms with Crippen LogP contribution < -0.4 is 21.1 Å². The summed E-state index contributed by atoms with van der Waals surface area (Å²) in [6, 6.07) is 3.37. The number of hydrogen-bond donors (Lipinski definition) is 3. The molecule has 0 fully saturated rings. The van der Waals surface area contributed by atoms with Gasteiger partial charge in [-0.25, -0.2) is 9.18 Å². The van der Waals surface area contributed by atoms with E-state index in [1.165, 1.54) is 13.0 Å². The van der Waals surface area contributed by atoms with Crippen LogP contribution in [0.15, 0.2) is 18.2 Å². The summed E-state index contributed by atoms with van der Waals surface area (Å²) in [7, 11) is 0. The van der Waals surface area contributed by atoms with Crippen LogP contribution in [0.5, 0.6) is 5.75 Å². The standard InChI is InChI=1S/C13H18FN3O3/c1-3-16-13(19)17-12(18)8(2)20-11-5-9(7-15)4-10(14)6-11/h4-6,8H,3,7,15H2,1-2H3,(H2,16,17,18,19). The monoisotopic (exact) mass is 283 g/mol. The maximum atomic E-state index is 13.3. The second kappa shape index (κ2) is 7.44. The minimum atomic E-state index is -0.940. The van der Waals surface area contributed by atoms with E-state index in [0.717, 1.165) is 6.07 Å². The molecule has 20 heavy (non-hydrogen) atoms. The molecule has 1 rings (SSSR count). The van der Waals surface area contributed by atoms with Crippen LogP contribution in [0.3, 0.4) is 0 Å². The lowest BCUT2D eigenvalue weighted by Crippen LogP contribution is -2.45. The number of hydrogen-bond acceptors (Lipinski definition) is 4. The Morgan fingerprint density at radius 2 is 2.10 bits per heavy atom. The smallest absolute Gasteiger partial charge is 0.321 e. The Kier molecular flexibility index (Phi) is 5.92. The summed E-state index contributed by atoms with van der Waals surface area (Å²) in [6.07, 6.45) is -0.940. The Labute approximate surface area is 116 Å². The van der Waals surface area contributed by atoms with Crippen molar-refractivity contribution < 1.29 is 18.7 Å². The molecule has 0 saturated carbocycles. The fourth-order valence-electron chi connectivity index (χ4n) is 1.48. The van der Waals surface area contributed by atoms with Crippen LogP contribution in [0, 0.1) is 5.82 Å². The van der Waals surface area contributed by atoms with Crippen LogP contribution in [0.1, 0.15) is 19.4 Å². The summed E-state index contributed by atoms with van der Waals surface area (Å²) in [4.78, 5) is 22.8. The number of carbonyl (C=O) groups excluding carboxylic acids is 2. The Hall–Kier alpha value is -2.15. The average Bonchev–Trinajstić information content (AvgIpc) is 2.37. The van der Waals surface area contributed by atoms with E-state index >= 15 is 0 Å². The lowest BCUT2D eigenvalue weighted by Gasteiger charge is -2.15. The van der Waals surface area contributed by atoms with Crippen LogP contribution >= 0.6 is 0 Å². The Morgan fingerprint density at radius 3 is 2.70 bits per heavy atom. The third-order valence-electron chi connectivity index (χ3n) is 2.42. The fourth-order valence-corrected chi connectivity index (χ4v) is 1.48. The molecule has 0 saturated heterocycles. The summed E-state index contributed by atoms with van der Waals surface area (Å²) in [5.41, 5.74) is 5.98. The molecule has 0 bridgehead atoms. The Bertz CT molecular complexity index is 494. The topological polar surface area (TPSA) is 93.5 Å². The molecule has 1 aromatic rings. The molecular weight excluding hydrogens is 265 g/mol. The number of carbonyl (C=O) groups is 2. The van der Waals surface area contributed by atoms with Crippen molar-refractivity contribution >= 4 is 11.9 Å². The van der Waals surface area contributed by atoms with E-state index in [2.05, 4.69) is 10.6 Å². The van der Waals surface area contributed by atoms with Gasteiger partial charge >= 0.3 is 6.03 Å². The van der Waals surface area contributed by atoms with Crippen molar-refractivity contribution in [3.8, 4) is 5.75 Å². The van der Waals surface area contributed by atoms with Crippen LogP contribution in [-0.4, -0.2) is 24.6 Å². The van der Waals surface area contributed by atoms with Crippen LogP contribution in [0.4, 0.5) is 9.18 Å². The number of benzene rings is 1. The Balaban J connectivity index is 2.65. The summed E-state index contributed by atoms with van der Waals surface area (Å²) < 4.78 is 18.6. The highest BCUT2D eigenvalue weighted by molar-refractivity contribution is 5.96. The first-order valence-corrected chi connectivity index (χ1v) is 6.21. The first kappa shape index (κ1) is 15.9. The van der Waals surface area contributed by atoms with Crippen LogP contribution in [-0.2, 0) is 11.3 Å². The molecule has 0 heterocycles. The molecule has 0 spiro atoms. The van der Waals surface area contributed by atoms with Gasteiger partial charge in [0.25, 0.3) is 5.91 Å². The van der Waals surface area contributed by atoms with Gasteiger partial charge in [-0.2, -0.15) is 0 Å². The highest BCUT2D eigenvalue weighted by atomic mass is 19.1. The zero-order valence-electron chi connectivity index (χ0n) is 11.4. The third kappa shape index (κ3) is 4.85. The fraction of sp³-hybridized carbons (Fsp3) is 0.385. The molecule has 7 heteroatoms. The number of nitrogens with two attached hydrogens (primary N) is 1. The second-order valence-electron chi connectivity index (χ2n) is 4.11. The summed E-state index contributed by atoms with van der Waals surface area (Å²) >= 11 is 0. The van der Waals surface area contributed by atoms with Crippen molar-refractivity contribution in [3.05, 3.63) is 29.6 Å². The van der Waals surface area contributed by atoms with Gasteiger partial charge in [0.15, 0.2) is 6.10 Å². The SMILES string of the molecule is CCNC(=O)NC(=O)C(C)Oc1cc(F)cc(CN)c1. The molecule has 1 aromatic carbocycles. The summed E-state index contributed by atoms with van der Waals surface area (Å²) in [5, 5.41) is 4.53. The van der Waals surface area contributed by atoms with Gasteiger partial charge in [0.2, 0.25) is 0 Å². The zero-order chi connectivity index (χ0) is 15.1. The molecule has 0 aromatic heterocycles. The zero-order valence-corrected chi connectivity index (χ0v) is 11.4. The van der Waals surface area contributed by atoms with Crippen LogP contribution in [0.2, 0.25) is 0 Å². The lowest BCUT2D eigenvalue weighted by atomic mass is 10.2. The molecule has 0 aliphatic carbocycles. The number of urea groups is 1. The number of amides is 3. The van der Waals surface area contributed by atoms with Crippen LogP contribution in [0.25, 0.3) is 0 Å². The number of imide groups is 1. The number of halogens is 1. The second-order valence-corrected chi connectivity index (χ2v) is 4.11. The largest absolute Gasteiger partial charge is 0.481 e. The van der Waals surface area contributed by atoms with Gasteiger partial charge in [0.05, 0.1) is 0 Å². The molecule has 1 atom stereocenters. The van der Waals surface area contributed by atoms with Gasteiger partial charge in [-0.1, -0.05) is 0 Å². The van der Waals surface area contributed by atoms with Gasteiger partial charge < -0.3 is 15.8 Å². The van der Waals surface area contributed by atoms with E-state index in [4.69, 9.17) is 10.5 Å². The lowest BCUT2D eigenvalue weighted by molar-refractivity contribution is -0.126. The maximum Gasteiger partial charge on any atom is 0.321 e. The molecule has 0 aliphatic heterocycles.